The minimum atomic E-state index is -1.20. The van der Waals surface area contributed by atoms with Gasteiger partial charge in [0, 0.05) is 6.42 Å². The molecule has 3 unspecified atom stereocenters. The summed E-state index contributed by atoms with van der Waals surface area (Å²) in [6.45, 7) is 3.34. The van der Waals surface area contributed by atoms with Gasteiger partial charge in [-0.15, -0.1) is 0 Å². The van der Waals surface area contributed by atoms with E-state index in [1.165, 1.54) is 0 Å². The first-order valence-electron chi connectivity index (χ1n) is 10.2. The Bertz CT molecular complexity index is 814. The number of primary amides is 2. The lowest BCUT2D eigenvalue weighted by molar-refractivity contribution is -0.133. The molecule has 32 heavy (non-hydrogen) atoms. The third-order valence-corrected chi connectivity index (χ3v) is 4.45. The van der Waals surface area contributed by atoms with Crippen molar-refractivity contribution in [2.24, 2.45) is 23.1 Å². The van der Waals surface area contributed by atoms with Crippen molar-refractivity contribution < 1.29 is 24.0 Å². The fraction of sp³-hybridized carbons (Fsp3) is 0.476. The molecule has 0 radical (unpaired) electrons. The number of nitrogens with two attached hydrogens (primary N) is 3. The fourth-order valence-electron chi connectivity index (χ4n) is 2.92. The molecule has 5 amide bonds. The van der Waals surface area contributed by atoms with Crippen LogP contribution in [0.15, 0.2) is 30.3 Å². The molecule has 0 fully saturated rings. The average molecular weight is 449 g/mol. The van der Waals surface area contributed by atoms with Gasteiger partial charge in [-0.1, -0.05) is 44.2 Å². The molecule has 11 nitrogen and oxygen atoms in total. The van der Waals surface area contributed by atoms with Gasteiger partial charge in [-0.25, -0.2) is 0 Å². The molecule has 1 aromatic rings. The van der Waals surface area contributed by atoms with E-state index in [-0.39, 0.29) is 31.7 Å². The van der Waals surface area contributed by atoms with Crippen LogP contribution in [0.3, 0.4) is 0 Å². The normalized spacial score (nSPS) is 13.5. The predicted molar refractivity (Wildman–Crippen MR) is 117 cm³/mol. The van der Waals surface area contributed by atoms with Crippen molar-refractivity contribution in [2.75, 3.05) is 6.54 Å². The van der Waals surface area contributed by atoms with E-state index in [1.54, 1.807) is 24.3 Å². The lowest BCUT2D eigenvalue weighted by Crippen LogP contribution is -2.57. The molecule has 0 aliphatic carbocycles. The maximum absolute atomic E-state index is 13.0. The molecule has 0 saturated carbocycles. The van der Waals surface area contributed by atoms with Crippen molar-refractivity contribution in [3.8, 4) is 0 Å². The molecule has 11 heteroatoms. The van der Waals surface area contributed by atoms with Gasteiger partial charge in [-0.2, -0.15) is 0 Å². The zero-order valence-corrected chi connectivity index (χ0v) is 18.3. The summed E-state index contributed by atoms with van der Waals surface area (Å²) < 4.78 is 0. The van der Waals surface area contributed by atoms with Gasteiger partial charge in [0.25, 0.3) is 0 Å². The van der Waals surface area contributed by atoms with Gasteiger partial charge in [0.1, 0.15) is 12.1 Å². The third-order valence-electron chi connectivity index (χ3n) is 4.45. The number of benzene rings is 1. The van der Waals surface area contributed by atoms with Crippen LogP contribution in [-0.4, -0.2) is 54.2 Å². The highest BCUT2D eigenvalue weighted by Crippen LogP contribution is 2.08. The van der Waals surface area contributed by atoms with Crippen LogP contribution < -0.4 is 33.2 Å². The number of carbonyl (C=O) groups is 5. The highest BCUT2D eigenvalue weighted by molar-refractivity contribution is 5.95. The monoisotopic (exact) mass is 448 g/mol. The van der Waals surface area contributed by atoms with Crippen molar-refractivity contribution in [3.63, 3.8) is 0 Å². The Kier molecular flexibility index (Phi) is 10.8. The van der Waals surface area contributed by atoms with E-state index in [0.29, 0.717) is 0 Å². The molecule has 1 rings (SSSR count). The first kappa shape index (κ1) is 26.6. The lowest BCUT2D eigenvalue weighted by Gasteiger charge is -2.25. The number of nitrogens with one attached hydrogen (secondary N) is 3. The molecule has 0 saturated heterocycles. The second-order valence-electron chi connectivity index (χ2n) is 7.90. The Morgan fingerprint density at radius 2 is 1.44 bits per heavy atom. The van der Waals surface area contributed by atoms with Gasteiger partial charge in [0.15, 0.2) is 0 Å². The number of rotatable bonds is 13. The molecule has 0 aromatic heterocycles. The number of hydrogen-bond acceptors (Lipinski definition) is 6. The van der Waals surface area contributed by atoms with Crippen LogP contribution in [0.5, 0.6) is 0 Å². The van der Waals surface area contributed by atoms with Crippen molar-refractivity contribution in [1.29, 1.82) is 0 Å². The maximum Gasteiger partial charge on any atom is 0.243 e. The van der Waals surface area contributed by atoms with E-state index in [2.05, 4.69) is 16.0 Å². The van der Waals surface area contributed by atoms with Crippen molar-refractivity contribution in [1.82, 2.24) is 16.0 Å². The van der Waals surface area contributed by atoms with Crippen LogP contribution in [0.4, 0.5) is 0 Å². The first-order chi connectivity index (χ1) is 15.0. The molecule has 0 bridgehead atoms. The van der Waals surface area contributed by atoms with Crippen molar-refractivity contribution in [3.05, 3.63) is 35.9 Å². The van der Waals surface area contributed by atoms with Crippen LogP contribution in [0.1, 0.15) is 32.3 Å². The van der Waals surface area contributed by atoms with Crippen LogP contribution >= 0.6 is 0 Å². The predicted octanol–water partition coefficient (Wildman–Crippen LogP) is -1.95. The Labute approximate surface area is 186 Å². The minimum absolute atomic E-state index is 0.0228. The summed E-state index contributed by atoms with van der Waals surface area (Å²) in [6.07, 6.45) is 0.0521. The Morgan fingerprint density at radius 3 is 1.97 bits per heavy atom. The summed E-state index contributed by atoms with van der Waals surface area (Å²) in [5, 5.41) is 7.53. The van der Waals surface area contributed by atoms with Gasteiger partial charge in [0.2, 0.25) is 29.5 Å². The Morgan fingerprint density at radius 1 is 0.844 bits per heavy atom. The van der Waals surface area contributed by atoms with E-state index in [0.717, 1.165) is 5.56 Å². The van der Waals surface area contributed by atoms with Crippen LogP contribution in [0.2, 0.25) is 0 Å². The summed E-state index contributed by atoms with van der Waals surface area (Å²) in [5.74, 6) is -3.35. The quantitative estimate of drug-likeness (QED) is 0.202. The van der Waals surface area contributed by atoms with Crippen LogP contribution in [0, 0.1) is 5.92 Å². The summed E-state index contributed by atoms with van der Waals surface area (Å²) in [6, 6.07) is 5.75. The van der Waals surface area contributed by atoms with Gasteiger partial charge >= 0.3 is 0 Å². The number of carbonyl (C=O) groups excluding carboxylic acids is 5. The molecule has 3 atom stereocenters. The molecule has 9 N–H and O–H groups in total. The van der Waals surface area contributed by atoms with Crippen LogP contribution in [-0.2, 0) is 30.4 Å². The maximum atomic E-state index is 13.0. The van der Waals surface area contributed by atoms with Gasteiger partial charge in [0.05, 0.1) is 19.0 Å². The largest absolute Gasteiger partial charge is 0.370 e. The molecular weight excluding hydrogens is 416 g/mol. The number of hydrogen-bond donors (Lipinski definition) is 6. The van der Waals surface area contributed by atoms with E-state index in [4.69, 9.17) is 17.2 Å². The molecule has 176 valence electrons. The molecule has 0 aliphatic heterocycles. The Balaban J connectivity index is 2.98. The minimum Gasteiger partial charge on any atom is -0.370 e. The highest BCUT2D eigenvalue weighted by atomic mass is 16.2. The topological polar surface area (TPSA) is 200 Å². The van der Waals surface area contributed by atoms with Gasteiger partial charge in [-0.3, -0.25) is 24.0 Å². The SMILES string of the molecule is CC(C)CC(NC(=O)C(N)CC(N)=O)C(=O)NC(Cc1ccccc1)C(=O)NCC(N)=O. The summed E-state index contributed by atoms with van der Waals surface area (Å²) in [5.41, 5.74) is 16.6. The summed E-state index contributed by atoms with van der Waals surface area (Å²) in [7, 11) is 0. The molecule has 1 aromatic carbocycles. The number of amides is 5. The zero-order valence-electron chi connectivity index (χ0n) is 18.3. The molecule has 0 spiro atoms. The highest BCUT2D eigenvalue weighted by Gasteiger charge is 2.29. The van der Waals surface area contributed by atoms with Crippen LogP contribution in [0.25, 0.3) is 0 Å². The second kappa shape index (κ2) is 13.1. The lowest BCUT2D eigenvalue weighted by atomic mass is 10.0. The third kappa shape index (κ3) is 10.0. The first-order valence-corrected chi connectivity index (χ1v) is 10.2. The van der Waals surface area contributed by atoms with Crippen molar-refractivity contribution in [2.45, 2.75) is 51.2 Å². The molecule has 0 aliphatic rings. The Hall–Kier alpha value is -3.47. The average Bonchev–Trinajstić information content (AvgIpc) is 2.70. The van der Waals surface area contributed by atoms with E-state index in [1.807, 2.05) is 19.9 Å². The van der Waals surface area contributed by atoms with E-state index >= 15 is 0 Å². The molecular formula is C21H32N6O5. The fourth-order valence-corrected chi connectivity index (χ4v) is 2.92. The van der Waals surface area contributed by atoms with E-state index in [9.17, 15) is 24.0 Å². The second-order valence-corrected chi connectivity index (χ2v) is 7.90. The smallest absolute Gasteiger partial charge is 0.243 e. The standard InChI is InChI=1S/C21H32N6O5/c1-12(2)8-15(26-19(30)14(22)10-17(23)28)21(32)27-16(20(31)25-11-18(24)29)9-13-6-4-3-5-7-13/h3-7,12,14-16H,8-11,22H2,1-2H3,(H2,23,28)(H2,24,29)(H,25,31)(H,26,30)(H,27,32). The summed E-state index contributed by atoms with van der Waals surface area (Å²) >= 11 is 0. The van der Waals surface area contributed by atoms with Gasteiger partial charge in [-0.05, 0) is 17.9 Å². The van der Waals surface area contributed by atoms with E-state index < -0.39 is 47.7 Å². The van der Waals surface area contributed by atoms with Gasteiger partial charge < -0.3 is 33.2 Å². The molecule has 0 heterocycles. The summed E-state index contributed by atoms with van der Waals surface area (Å²) in [4.78, 5) is 59.9. The van der Waals surface area contributed by atoms with Crippen molar-refractivity contribution >= 4 is 29.5 Å². The zero-order chi connectivity index (χ0) is 24.3.